The molecule has 0 fully saturated rings. The first kappa shape index (κ1) is 24.3. The summed E-state index contributed by atoms with van der Waals surface area (Å²) in [6.45, 7) is -2.21. The van der Waals surface area contributed by atoms with E-state index in [1.807, 2.05) is 24.4 Å². The zero-order valence-electron chi connectivity index (χ0n) is 17.0. The highest BCUT2D eigenvalue weighted by Crippen LogP contribution is 2.25. The molecular weight excluding hydrogens is 521 g/mol. The molecule has 2 heterocycles. The summed E-state index contributed by atoms with van der Waals surface area (Å²) >= 11 is 0. The normalized spacial score (nSPS) is 11.1. The minimum Gasteiger partial charge on any atom is -0.497 e. The summed E-state index contributed by atoms with van der Waals surface area (Å²) in [6, 6.07) is 10.3. The number of aromatic nitrogens is 3. The van der Waals surface area contributed by atoms with Crippen LogP contribution in [-0.2, 0) is 13.1 Å². The van der Waals surface area contributed by atoms with Crippen LogP contribution in [0.1, 0.15) is 11.1 Å². The third kappa shape index (κ3) is 7.05. The molecule has 0 saturated carbocycles. The second-order valence-electron chi connectivity index (χ2n) is 6.10. The topological polar surface area (TPSA) is 85.6 Å². The Hall–Kier alpha value is -2.96. The van der Waals surface area contributed by atoms with Gasteiger partial charge in [0.1, 0.15) is 11.5 Å². The van der Waals surface area contributed by atoms with Gasteiger partial charge < -0.3 is 20.1 Å². The third-order valence-corrected chi connectivity index (χ3v) is 4.16. The number of guanidine groups is 1. The molecule has 0 amide bonds. The highest BCUT2D eigenvalue weighted by molar-refractivity contribution is 14.0. The Bertz CT molecular complexity index is 986. The largest absolute Gasteiger partial charge is 0.497 e. The molecule has 0 aliphatic heterocycles. The molecule has 8 nitrogen and oxygen atoms in total. The van der Waals surface area contributed by atoms with Gasteiger partial charge in [-0.05, 0) is 42.0 Å². The van der Waals surface area contributed by atoms with Gasteiger partial charge in [0.15, 0.2) is 11.8 Å². The minimum atomic E-state index is -2.91. The van der Waals surface area contributed by atoms with Crippen molar-refractivity contribution in [2.45, 2.75) is 19.7 Å². The van der Waals surface area contributed by atoms with E-state index in [2.05, 4.69) is 30.4 Å². The molecule has 0 bridgehead atoms. The Balaban J connectivity index is 0.00000341. The van der Waals surface area contributed by atoms with Gasteiger partial charge in [0, 0.05) is 44.3 Å². The van der Waals surface area contributed by atoms with Gasteiger partial charge in [-0.1, -0.05) is 0 Å². The fourth-order valence-corrected chi connectivity index (χ4v) is 2.72. The Kier molecular flexibility index (Phi) is 9.43. The maximum absolute atomic E-state index is 12.7. The fourth-order valence-electron chi connectivity index (χ4n) is 2.72. The van der Waals surface area contributed by atoms with Gasteiger partial charge in [-0.25, -0.2) is 9.67 Å². The van der Waals surface area contributed by atoms with Crippen LogP contribution >= 0.6 is 24.0 Å². The van der Waals surface area contributed by atoms with E-state index < -0.39 is 6.61 Å². The molecule has 3 aromatic rings. The number of nitrogens with zero attached hydrogens (tertiary/aromatic N) is 4. The lowest BCUT2D eigenvalue weighted by Gasteiger charge is -2.15. The number of nitrogens with one attached hydrogen (secondary N) is 2. The lowest BCUT2D eigenvalue weighted by atomic mass is 10.2. The fraction of sp³-hybridized carbons (Fsp3) is 0.250. The summed E-state index contributed by atoms with van der Waals surface area (Å²) in [5.74, 6) is 1.82. The van der Waals surface area contributed by atoms with Gasteiger partial charge in [0.2, 0.25) is 0 Å². The van der Waals surface area contributed by atoms with E-state index in [1.54, 1.807) is 36.3 Å². The number of methoxy groups -OCH3 is 1. The van der Waals surface area contributed by atoms with Crippen LogP contribution < -0.4 is 20.1 Å². The molecule has 3 rings (SSSR count). The molecule has 1 aromatic carbocycles. The molecule has 0 radical (unpaired) electrons. The molecule has 2 aromatic heterocycles. The average molecular weight is 544 g/mol. The molecule has 31 heavy (non-hydrogen) atoms. The predicted octanol–water partition coefficient (Wildman–Crippen LogP) is 3.36. The van der Waals surface area contributed by atoms with Crippen molar-refractivity contribution in [1.82, 2.24) is 25.4 Å². The molecule has 166 valence electrons. The molecule has 0 saturated heterocycles. The smallest absolute Gasteiger partial charge is 0.387 e. The van der Waals surface area contributed by atoms with Gasteiger partial charge in [0.05, 0.1) is 7.11 Å². The molecule has 0 atom stereocenters. The summed E-state index contributed by atoms with van der Waals surface area (Å²) in [7, 11) is 3.13. The Morgan fingerprint density at radius 2 is 1.97 bits per heavy atom. The van der Waals surface area contributed by atoms with Crippen LogP contribution in [0.5, 0.6) is 11.5 Å². The zero-order valence-corrected chi connectivity index (χ0v) is 19.3. The van der Waals surface area contributed by atoms with Gasteiger partial charge in [-0.3, -0.25) is 4.99 Å². The van der Waals surface area contributed by atoms with Gasteiger partial charge in [-0.15, -0.1) is 24.0 Å². The van der Waals surface area contributed by atoms with E-state index in [4.69, 9.17) is 4.74 Å². The van der Waals surface area contributed by atoms with Gasteiger partial charge in [-0.2, -0.15) is 13.9 Å². The van der Waals surface area contributed by atoms with Crippen molar-refractivity contribution in [3.63, 3.8) is 0 Å². The van der Waals surface area contributed by atoms with E-state index in [0.717, 1.165) is 5.56 Å². The number of pyridine rings is 1. The number of ether oxygens (including phenoxy) is 2. The first-order valence-electron chi connectivity index (χ1n) is 9.10. The summed E-state index contributed by atoms with van der Waals surface area (Å²) in [5.41, 5.74) is 1.49. The number of halogens is 3. The molecular formula is C20H23F2IN6O2. The Morgan fingerprint density at radius 3 is 2.65 bits per heavy atom. The van der Waals surface area contributed by atoms with Gasteiger partial charge in [0.25, 0.3) is 0 Å². The van der Waals surface area contributed by atoms with Crippen LogP contribution in [0.4, 0.5) is 8.78 Å². The summed E-state index contributed by atoms with van der Waals surface area (Å²) < 4.78 is 36.8. The molecule has 2 N–H and O–H groups in total. The lowest BCUT2D eigenvalue weighted by molar-refractivity contribution is -0.0504. The molecule has 0 aliphatic carbocycles. The van der Waals surface area contributed by atoms with Crippen molar-refractivity contribution in [2.24, 2.45) is 4.99 Å². The molecule has 11 heteroatoms. The monoisotopic (exact) mass is 544 g/mol. The first-order chi connectivity index (χ1) is 14.6. The third-order valence-electron chi connectivity index (χ3n) is 4.16. The van der Waals surface area contributed by atoms with Crippen LogP contribution in [0.2, 0.25) is 0 Å². The van der Waals surface area contributed by atoms with Crippen molar-refractivity contribution >= 4 is 29.9 Å². The van der Waals surface area contributed by atoms with Crippen molar-refractivity contribution in [3.05, 3.63) is 66.1 Å². The van der Waals surface area contributed by atoms with Crippen LogP contribution in [0.3, 0.4) is 0 Å². The minimum absolute atomic E-state index is 0. The highest BCUT2D eigenvalue weighted by atomic mass is 127. The molecule has 0 aliphatic rings. The SMILES string of the molecule is CN=C(NCc1ccnc(-n2cccn2)c1)NCc1cc(OC)ccc1OC(F)F.I. The summed E-state index contributed by atoms with van der Waals surface area (Å²) in [5, 5.41) is 10.4. The predicted molar refractivity (Wildman–Crippen MR) is 123 cm³/mol. The number of rotatable bonds is 8. The van der Waals surface area contributed by atoms with E-state index in [1.165, 1.54) is 13.2 Å². The maximum atomic E-state index is 12.7. The number of alkyl halides is 2. The van der Waals surface area contributed by atoms with Crippen LogP contribution in [0.15, 0.2) is 60.0 Å². The van der Waals surface area contributed by atoms with E-state index in [0.29, 0.717) is 29.6 Å². The highest BCUT2D eigenvalue weighted by Gasteiger charge is 2.12. The number of hydrogen-bond donors (Lipinski definition) is 2. The standard InChI is InChI=1S/C20H22F2N6O2.HI/c1-23-20(25-12-14-6-8-24-18(10-14)28-9-3-7-27-28)26-13-15-11-16(29-2)4-5-17(15)30-19(21)22;/h3-11,19H,12-13H2,1-2H3,(H2,23,25,26);1H. The average Bonchev–Trinajstić information content (AvgIpc) is 3.29. The number of aliphatic imine (C=N–C) groups is 1. The van der Waals surface area contributed by atoms with Gasteiger partial charge >= 0.3 is 6.61 Å². The van der Waals surface area contributed by atoms with Crippen molar-refractivity contribution in [1.29, 1.82) is 0 Å². The summed E-state index contributed by atoms with van der Waals surface area (Å²) in [4.78, 5) is 8.46. The number of hydrogen-bond acceptors (Lipinski definition) is 5. The first-order valence-corrected chi connectivity index (χ1v) is 9.10. The van der Waals surface area contributed by atoms with Crippen molar-refractivity contribution < 1.29 is 18.3 Å². The van der Waals surface area contributed by atoms with Crippen LogP contribution in [0, 0.1) is 0 Å². The summed E-state index contributed by atoms with van der Waals surface area (Å²) in [6.07, 6.45) is 5.20. The maximum Gasteiger partial charge on any atom is 0.387 e. The lowest BCUT2D eigenvalue weighted by Crippen LogP contribution is -2.36. The van der Waals surface area contributed by atoms with E-state index in [9.17, 15) is 8.78 Å². The quantitative estimate of drug-likeness (QED) is 0.257. The Morgan fingerprint density at radius 1 is 1.16 bits per heavy atom. The van der Waals surface area contributed by atoms with E-state index >= 15 is 0 Å². The Labute approximate surface area is 195 Å². The number of benzene rings is 1. The second-order valence-corrected chi connectivity index (χ2v) is 6.10. The second kappa shape index (κ2) is 12.0. The molecule has 0 unspecified atom stereocenters. The van der Waals surface area contributed by atoms with Crippen molar-refractivity contribution in [2.75, 3.05) is 14.2 Å². The zero-order chi connectivity index (χ0) is 21.3. The molecule has 0 spiro atoms. The van der Waals surface area contributed by atoms with Crippen molar-refractivity contribution in [3.8, 4) is 17.3 Å². The van der Waals surface area contributed by atoms with Crippen LogP contribution in [0.25, 0.3) is 5.82 Å². The van der Waals surface area contributed by atoms with Crippen LogP contribution in [-0.4, -0.2) is 41.5 Å². The van der Waals surface area contributed by atoms with E-state index in [-0.39, 0.29) is 36.3 Å².